The molecule has 30 heavy (non-hydrogen) atoms. The van der Waals surface area contributed by atoms with Gasteiger partial charge in [-0.15, -0.1) is 0 Å². The second-order valence-corrected chi connectivity index (χ2v) is 11.1. The Labute approximate surface area is 181 Å². The summed E-state index contributed by atoms with van der Waals surface area (Å²) in [5.41, 5.74) is -0.197. The van der Waals surface area contributed by atoms with Crippen molar-refractivity contribution in [3.63, 3.8) is 0 Å². The molecule has 4 aliphatic carbocycles. The first-order valence-electron chi connectivity index (χ1n) is 12.2. The average Bonchev–Trinajstić information content (AvgIpc) is 2.70. The molecule has 0 spiro atoms. The molecule has 170 valence electrons. The van der Waals surface area contributed by atoms with Crippen LogP contribution in [0.2, 0.25) is 0 Å². The smallest absolute Gasteiger partial charge is 0.242 e. The molecule has 2 amide bonds. The normalized spacial score (nSPS) is 35.3. The number of nitrogens with zero attached hydrogens (tertiary/aromatic N) is 1. The summed E-state index contributed by atoms with van der Waals surface area (Å²) >= 11 is 0. The zero-order chi connectivity index (χ0) is 21.3. The van der Waals surface area contributed by atoms with Crippen molar-refractivity contribution >= 4 is 11.8 Å². The molecule has 0 radical (unpaired) electrons. The highest BCUT2D eigenvalue weighted by Gasteiger charge is 2.54. The van der Waals surface area contributed by atoms with Gasteiger partial charge in [0.15, 0.2) is 0 Å². The Morgan fingerprint density at radius 2 is 1.57 bits per heavy atom. The minimum atomic E-state index is -0.477. The average molecular weight is 420 g/mol. The molecule has 0 aromatic heterocycles. The SMILES string of the molecule is CC(C)C[C@H](CNC(=O)[C@@H](C)NC(=O)C12CC3CC(CC(C3)C1)C2)N1CCOCC1. The summed E-state index contributed by atoms with van der Waals surface area (Å²) in [6.07, 6.45) is 8.12. The predicted octanol–water partition coefficient (Wildman–Crippen LogP) is 2.57. The van der Waals surface area contributed by atoms with Gasteiger partial charge in [-0.3, -0.25) is 14.5 Å². The van der Waals surface area contributed by atoms with E-state index in [4.69, 9.17) is 4.74 Å². The van der Waals surface area contributed by atoms with Gasteiger partial charge in [0, 0.05) is 31.1 Å². The molecule has 5 aliphatic rings. The minimum absolute atomic E-state index is 0.0601. The lowest BCUT2D eigenvalue weighted by molar-refractivity contribution is -0.148. The van der Waals surface area contributed by atoms with Gasteiger partial charge in [0.25, 0.3) is 0 Å². The molecular formula is C24H41N3O3. The number of rotatable bonds is 8. The third kappa shape index (κ3) is 4.85. The Bertz CT molecular complexity index is 594. The first kappa shape index (κ1) is 22.1. The molecule has 1 heterocycles. The Morgan fingerprint density at radius 3 is 2.10 bits per heavy atom. The number of ether oxygens (including phenoxy) is 1. The molecule has 1 aliphatic heterocycles. The van der Waals surface area contributed by atoms with Gasteiger partial charge in [0.1, 0.15) is 6.04 Å². The molecule has 6 heteroatoms. The highest BCUT2D eigenvalue weighted by molar-refractivity contribution is 5.90. The van der Waals surface area contributed by atoms with E-state index in [0.717, 1.165) is 69.7 Å². The summed E-state index contributed by atoms with van der Waals surface area (Å²) in [6, 6.07) is -0.154. The number of carbonyl (C=O) groups is 2. The minimum Gasteiger partial charge on any atom is -0.379 e. The van der Waals surface area contributed by atoms with Crippen LogP contribution < -0.4 is 10.6 Å². The van der Waals surface area contributed by atoms with Crippen LogP contribution in [-0.4, -0.2) is 61.6 Å². The van der Waals surface area contributed by atoms with Crippen LogP contribution in [0.15, 0.2) is 0 Å². The number of amides is 2. The first-order valence-corrected chi connectivity index (χ1v) is 12.2. The highest BCUT2D eigenvalue weighted by Crippen LogP contribution is 2.60. The van der Waals surface area contributed by atoms with E-state index in [-0.39, 0.29) is 17.2 Å². The summed E-state index contributed by atoms with van der Waals surface area (Å²) < 4.78 is 5.49. The molecule has 6 nitrogen and oxygen atoms in total. The number of hydrogen-bond acceptors (Lipinski definition) is 4. The van der Waals surface area contributed by atoms with Crippen LogP contribution in [0.25, 0.3) is 0 Å². The van der Waals surface area contributed by atoms with Crippen LogP contribution in [0.5, 0.6) is 0 Å². The molecule has 4 saturated carbocycles. The van der Waals surface area contributed by atoms with E-state index in [9.17, 15) is 9.59 Å². The van der Waals surface area contributed by atoms with Crippen molar-refractivity contribution in [2.75, 3.05) is 32.8 Å². The third-order valence-corrected chi connectivity index (χ3v) is 8.08. The van der Waals surface area contributed by atoms with Gasteiger partial charge < -0.3 is 15.4 Å². The molecule has 0 aromatic carbocycles. The predicted molar refractivity (Wildman–Crippen MR) is 117 cm³/mol. The molecule has 0 unspecified atom stereocenters. The van der Waals surface area contributed by atoms with E-state index in [0.29, 0.717) is 18.5 Å². The van der Waals surface area contributed by atoms with Crippen LogP contribution in [0.4, 0.5) is 0 Å². The fraction of sp³-hybridized carbons (Fsp3) is 0.917. The van der Waals surface area contributed by atoms with Crippen molar-refractivity contribution in [2.45, 2.75) is 77.8 Å². The molecule has 1 saturated heterocycles. The Kier molecular flexibility index (Phi) is 6.73. The van der Waals surface area contributed by atoms with Crippen LogP contribution in [0.1, 0.15) is 65.7 Å². The van der Waals surface area contributed by atoms with Gasteiger partial charge >= 0.3 is 0 Å². The van der Waals surface area contributed by atoms with Crippen molar-refractivity contribution in [2.24, 2.45) is 29.1 Å². The monoisotopic (exact) mass is 419 g/mol. The largest absolute Gasteiger partial charge is 0.379 e. The fourth-order valence-electron chi connectivity index (χ4n) is 7.02. The molecule has 5 rings (SSSR count). The number of morpholine rings is 1. The van der Waals surface area contributed by atoms with Gasteiger partial charge in [0.05, 0.1) is 13.2 Å². The van der Waals surface area contributed by atoms with Gasteiger partial charge in [-0.1, -0.05) is 13.8 Å². The number of hydrogen-bond donors (Lipinski definition) is 2. The lowest BCUT2D eigenvalue weighted by Crippen LogP contribution is -2.57. The Morgan fingerprint density at radius 1 is 1.00 bits per heavy atom. The standard InChI is InChI=1S/C24H41N3O3/c1-16(2)8-21(27-4-6-30-7-5-27)15-25-22(28)17(3)26-23(29)24-12-18-9-19(13-24)11-20(10-18)14-24/h16-21H,4-15H2,1-3H3,(H,25,28)(H,26,29)/t17-,18?,19?,20?,21-,24?/m1/s1. The first-order chi connectivity index (χ1) is 14.3. The summed E-state index contributed by atoms with van der Waals surface area (Å²) in [7, 11) is 0. The van der Waals surface area contributed by atoms with Crippen LogP contribution in [0.3, 0.4) is 0 Å². The van der Waals surface area contributed by atoms with Gasteiger partial charge in [-0.25, -0.2) is 0 Å². The van der Waals surface area contributed by atoms with Crippen molar-refractivity contribution in [1.82, 2.24) is 15.5 Å². The highest BCUT2D eigenvalue weighted by atomic mass is 16.5. The molecule has 0 aromatic rings. The zero-order valence-electron chi connectivity index (χ0n) is 19.1. The van der Waals surface area contributed by atoms with Crippen LogP contribution >= 0.6 is 0 Å². The van der Waals surface area contributed by atoms with E-state index >= 15 is 0 Å². The third-order valence-electron chi connectivity index (χ3n) is 8.08. The number of nitrogens with one attached hydrogen (secondary N) is 2. The zero-order valence-corrected chi connectivity index (χ0v) is 19.1. The van der Waals surface area contributed by atoms with Gasteiger partial charge in [-0.2, -0.15) is 0 Å². The Balaban J connectivity index is 1.29. The summed E-state index contributed by atoms with van der Waals surface area (Å²) in [4.78, 5) is 28.5. The van der Waals surface area contributed by atoms with E-state index in [1.165, 1.54) is 19.3 Å². The second kappa shape index (κ2) is 9.15. The van der Waals surface area contributed by atoms with E-state index in [1.54, 1.807) is 0 Å². The number of carbonyl (C=O) groups excluding carboxylic acids is 2. The summed E-state index contributed by atoms with van der Waals surface area (Å²) in [5, 5.41) is 6.22. The van der Waals surface area contributed by atoms with E-state index < -0.39 is 6.04 Å². The lowest BCUT2D eigenvalue weighted by Gasteiger charge is -2.55. The molecule has 2 N–H and O–H groups in total. The van der Waals surface area contributed by atoms with Gasteiger partial charge in [-0.05, 0) is 75.5 Å². The molecular weight excluding hydrogens is 378 g/mol. The maximum atomic E-state index is 13.2. The van der Waals surface area contributed by atoms with Crippen molar-refractivity contribution in [3.8, 4) is 0 Å². The van der Waals surface area contributed by atoms with Crippen LogP contribution in [-0.2, 0) is 14.3 Å². The molecule has 4 bridgehead atoms. The van der Waals surface area contributed by atoms with E-state index in [2.05, 4.69) is 29.4 Å². The Hall–Kier alpha value is -1.14. The second-order valence-electron chi connectivity index (χ2n) is 11.1. The summed E-state index contributed by atoms with van der Waals surface area (Å²) in [6.45, 7) is 10.3. The van der Waals surface area contributed by atoms with Crippen molar-refractivity contribution in [3.05, 3.63) is 0 Å². The van der Waals surface area contributed by atoms with Gasteiger partial charge in [0.2, 0.25) is 11.8 Å². The molecule has 5 fully saturated rings. The maximum absolute atomic E-state index is 13.2. The maximum Gasteiger partial charge on any atom is 0.242 e. The summed E-state index contributed by atoms with van der Waals surface area (Å²) in [5.74, 6) is 2.85. The topological polar surface area (TPSA) is 70.7 Å². The quantitative estimate of drug-likeness (QED) is 0.634. The lowest BCUT2D eigenvalue weighted by atomic mass is 9.49. The van der Waals surface area contributed by atoms with Crippen molar-refractivity contribution in [1.29, 1.82) is 0 Å². The van der Waals surface area contributed by atoms with Crippen molar-refractivity contribution < 1.29 is 14.3 Å². The fourth-order valence-corrected chi connectivity index (χ4v) is 7.02. The molecule has 2 atom stereocenters. The van der Waals surface area contributed by atoms with Crippen LogP contribution in [0, 0.1) is 29.1 Å². The van der Waals surface area contributed by atoms with E-state index in [1.807, 2.05) is 6.92 Å².